The maximum atomic E-state index is 13.0. The Kier molecular flexibility index (Phi) is 7.02. The maximum absolute atomic E-state index is 13.0. The van der Waals surface area contributed by atoms with Gasteiger partial charge in [-0.25, -0.2) is 9.98 Å². The summed E-state index contributed by atoms with van der Waals surface area (Å²) in [6.07, 6.45) is 7.44. The number of carbonyl (C=O) groups excluding carboxylic acids is 1. The van der Waals surface area contributed by atoms with Gasteiger partial charge in [0, 0.05) is 48.4 Å². The Balaban J connectivity index is 1.32. The number of para-hydroxylation sites is 1. The van der Waals surface area contributed by atoms with E-state index in [0.29, 0.717) is 32.0 Å². The van der Waals surface area contributed by atoms with E-state index >= 15 is 0 Å². The second-order valence-corrected chi connectivity index (χ2v) is 9.54. The van der Waals surface area contributed by atoms with Crippen LogP contribution in [0.5, 0.6) is 11.5 Å². The number of benzene rings is 2. The zero-order valence-corrected chi connectivity index (χ0v) is 20.1. The second kappa shape index (κ2) is 10.7. The molecule has 8 heteroatoms. The molecule has 2 aromatic carbocycles. The van der Waals surface area contributed by atoms with Crippen molar-refractivity contribution in [2.75, 3.05) is 18.4 Å². The highest BCUT2D eigenvalue weighted by Gasteiger charge is 2.26. The van der Waals surface area contributed by atoms with Crippen LogP contribution in [0.15, 0.2) is 76.7 Å². The SMILES string of the molecule is NC1CCN(C(=O)c2cc3c(s2)/C=C\CC=NC(Nc2cccc(Oc4ccccc4)c2)=NC3)C1. The van der Waals surface area contributed by atoms with Crippen molar-refractivity contribution >= 4 is 41.2 Å². The summed E-state index contributed by atoms with van der Waals surface area (Å²) in [4.78, 5) is 25.8. The van der Waals surface area contributed by atoms with Crippen molar-refractivity contribution in [1.29, 1.82) is 0 Å². The first-order valence-electron chi connectivity index (χ1n) is 11.6. The van der Waals surface area contributed by atoms with Gasteiger partial charge in [-0.05, 0) is 48.4 Å². The van der Waals surface area contributed by atoms with Crippen LogP contribution in [0.25, 0.3) is 6.08 Å². The number of allylic oxidation sites excluding steroid dienone is 1. The molecule has 0 saturated carbocycles. The quantitative estimate of drug-likeness (QED) is 0.533. The monoisotopic (exact) mass is 485 g/mol. The number of aliphatic imine (C=N–C) groups is 2. The third-order valence-corrected chi connectivity index (χ3v) is 6.89. The number of hydrogen-bond acceptors (Lipinski definition) is 7. The number of thiophene rings is 1. The molecule has 3 heterocycles. The van der Waals surface area contributed by atoms with Gasteiger partial charge in [-0.1, -0.05) is 30.3 Å². The molecule has 1 fully saturated rings. The lowest BCUT2D eigenvalue weighted by atomic mass is 10.2. The molecule has 0 bridgehead atoms. The zero-order chi connectivity index (χ0) is 24.0. The summed E-state index contributed by atoms with van der Waals surface area (Å²) in [6.45, 7) is 1.75. The van der Waals surface area contributed by atoms with Crippen molar-refractivity contribution in [3.63, 3.8) is 0 Å². The summed E-state index contributed by atoms with van der Waals surface area (Å²) < 4.78 is 5.94. The summed E-state index contributed by atoms with van der Waals surface area (Å²) in [5.41, 5.74) is 7.83. The lowest BCUT2D eigenvalue weighted by Gasteiger charge is -2.14. The summed E-state index contributed by atoms with van der Waals surface area (Å²) in [5, 5.41) is 3.30. The molecule has 1 atom stereocenters. The maximum Gasteiger partial charge on any atom is 0.264 e. The van der Waals surface area contributed by atoms with Gasteiger partial charge in [0.05, 0.1) is 11.4 Å². The lowest BCUT2D eigenvalue weighted by molar-refractivity contribution is 0.0795. The number of likely N-dealkylation sites (tertiary alicyclic amines) is 1. The van der Waals surface area contributed by atoms with E-state index in [1.807, 2.05) is 71.8 Å². The van der Waals surface area contributed by atoms with Gasteiger partial charge in [-0.15, -0.1) is 11.3 Å². The van der Waals surface area contributed by atoms with Gasteiger partial charge >= 0.3 is 0 Å². The number of guanidine groups is 1. The van der Waals surface area contributed by atoms with Crippen LogP contribution in [0.4, 0.5) is 5.69 Å². The van der Waals surface area contributed by atoms with Crippen LogP contribution in [0, 0.1) is 0 Å². The van der Waals surface area contributed by atoms with Gasteiger partial charge in [-0.3, -0.25) is 4.79 Å². The summed E-state index contributed by atoms with van der Waals surface area (Å²) in [6, 6.07) is 19.4. The van der Waals surface area contributed by atoms with Gasteiger partial charge in [0.1, 0.15) is 11.5 Å². The largest absolute Gasteiger partial charge is 0.457 e. The topological polar surface area (TPSA) is 92.3 Å². The van der Waals surface area contributed by atoms with Crippen molar-refractivity contribution in [3.05, 3.63) is 82.1 Å². The van der Waals surface area contributed by atoms with Crippen molar-refractivity contribution in [2.24, 2.45) is 15.7 Å². The number of fused-ring (bicyclic) bond motifs is 1. The third kappa shape index (κ3) is 5.85. The third-order valence-electron chi connectivity index (χ3n) is 5.76. The summed E-state index contributed by atoms with van der Waals surface area (Å²) in [7, 11) is 0. The zero-order valence-electron chi connectivity index (χ0n) is 19.3. The number of carbonyl (C=O) groups is 1. The first-order valence-corrected chi connectivity index (χ1v) is 12.5. The normalized spacial score (nSPS) is 18.5. The second-order valence-electron chi connectivity index (χ2n) is 8.46. The summed E-state index contributed by atoms with van der Waals surface area (Å²) >= 11 is 1.51. The Hall–Kier alpha value is -3.75. The van der Waals surface area contributed by atoms with Crippen LogP contribution in [0.1, 0.15) is 33.0 Å². The minimum atomic E-state index is 0.0486. The fraction of sp³-hybridized carbons (Fsp3) is 0.222. The number of amides is 1. The standard InChI is InChI=1S/C27H27N5O2S/c28-20-12-14-32(18-20)26(33)25-15-19-17-30-27(29-13-5-4-11-24(19)35-25)31-21-7-6-10-23(16-21)34-22-8-2-1-3-9-22/h1-4,6-11,13,15-16,20H,5,12,14,17-18,28H2,(H,30,31)/b11-4-,29-13?. The highest BCUT2D eigenvalue weighted by atomic mass is 32.1. The van der Waals surface area contributed by atoms with Crippen molar-refractivity contribution in [1.82, 2.24) is 4.90 Å². The van der Waals surface area contributed by atoms with E-state index in [4.69, 9.17) is 15.5 Å². The van der Waals surface area contributed by atoms with E-state index in [1.165, 1.54) is 11.3 Å². The van der Waals surface area contributed by atoms with Gasteiger partial charge in [0.25, 0.3) is 5.91 Å². The van der Waals surface area contributed by atoms with E-state index in [0.717, 1.165) is 38.9 Å². The average Bonchev–Trinajstić information content (AvgIpc) is 3.49. The minimum Gasteiger partial charge on any atom is -0.457 e. The van der Waals surface area contributed by atoms with E-state index in [2.05, 4.69) is 22.5 Å². The van der Waals surface area contributed by atoms with Gasteiger partial charge in [0.15, 0.2) is 0 Å². The van der Waals surface area contributed by atoms with Crippen LogP contribution in [0.2, 0.25) is 0 Å². The van der Waals surface area contributed by atoms with Crippen LogP contribution >= 0.6 is 11.3 Å². The predicted octanol–water partition coefficient (Wildman–Crippen LogP) is 5.17. The number of nitrogens with one attached hydrogen (secondary N) is 1. The average molecular weight is 486 g/mol. The number of ether oxygens (including phenoxy) is 1. The van der Waals surface area contributed by atoms with Gasteiger partial charge < -0.3 is 20.7 Å². The molecule has 1 unspecified atom stereocenters. The Labute approximate surface area is 208 Å². The van der Waals surface area contributed by atoms with E-state index in [1.54, 1.807) is 0 Å². The van der Waals surface area contributed by atoms with Crippen LogP contribution in [-0.4, -0.2) is 42.1 Å². The fourth-order valence-electron chi connectivity index (χ4n) is 3.98. The van der Waals surface area contributed by atoms with Crippen molar-refractivity contribution in [2.45, 2.75) is 25.4 Å². The predicted molar refractivity (Wildman–Crippen MR) is 143 cm³/mol. The molecule has 1 saturated heterocycles. The molecule has 178 valence electrons. The Morgan fingerprint density at radius 1 is 1.11 bits per heavy atom. The molecular formula is C27H27N5O2S. The first-order chi connectivity index (χ1) is 17.1. The van der Waals surface area contributed by atoms with Crippen molar-refractivity contribution in [3.8, 4) is 11.5 Å². The molecule has 3 aromatic rings. The van der Waals surface area contributed by atoms with E-state index in [-0.39, 0.29) is 11.9 Å². The molecular weight excluding hydrogens is 458 g/mol. The minimum absolute atomic E-state index is 0.0486. The fourth-order valence-corrected chi connectivity index (χ4v) is 5.05. The molecule has 7 nitrogen and oxygen atoms in total. The first kappa shape index (κ1) is 23.0. The molecule has 0 spiro atoms. The Bertz CT molecular complexity index is 1280. The highest BCUT2D eigenvalue weighted by molar-refractivity contribution is 7.15. The number of rotatable bonds is 4. The molecule has 3 N–H and O–H groups in total. The molecule has 0 radical (unpaired) electrons. The Morgan fingerprint density at radius 3 is 2.80 bits per heavy atom. The highest BCUT2D eigenvalue weighted by Crippen LogP contribution is 2.28. The lowest BCUT2D eigenvalue weighted by Crippen LogP contribution is -2.31. The van der Waals surface area contributed by atoms with Crippen LogP contribution in [-0.2, 0) is 6.54 Å². The smallest absolute Gasteiger partial charge is 0.264 e. The molecule has 1 amide bonds. The molecule has 0 aliphatic carbocycles. The number of anilines is 1. The Morgan fingerprint density at radius 2 is 1.97 bits per heavy atom. The molecule has 35 heavy (non-hydrogen) atoms. The number of nitrogens with two attached hydrogens (primary N) is 1. The number of nitrogens with zero attached hydrogens (tertiary/aromatic N) is 3. The van der Waals surface area contributed by atoms with Crippen LogP contribution < -0.4 is 15.8 Å². The molecule has 5 rings (SSSR count). The van der Waals surface area contributed by atoms with Gasteiger partial charge in [0.2, 0.25) is 5.96 Å². The van der Waals surface area contributed by atoms with Gasteiger partial charge in [-0.2, -0.15) is 0 Å². The molecule has 2 aliphatic heterocycles. The van der Waals surface area contributed by atoms with E-state index in [9.17, 15) is 4.79 Å². The molecule has 2 aliphatic rings. The van der Waals surface area contributed by atoms with Crippen molar-refractivity contribution < 1.29 is 9.53 Å². The molecule has 1 aromatic heterocycles. The van der Waals surface area contributed by atoms with E-state index < -0.39 is 0 Å². The van der Waals surface area contributed by atoms with Crippen LogP contribution in [0.3, 0.4) is 0 Å². The number of hydrogen-bond donors (Lipinski definition) is 2. The summed E-state index contributed by atoms with van der Waals surface area (Å²) in [5.74, 6) is 2.05.